The lowest BCUT2D eigenvalue weighted by molar-refractivity contribution is -0.323. The number of cyclic esters (lactones) is 1. The first kappa shape index (κ1) is 72.0. The number of esters is 1. The van der Waals surface area contributed by atoms with Crippen molar-refractivity contribution in [1.82, 2.24) is 15.5 Å². The van der Waals surface area contributed by atoms with Gasteiger partial charge in [-0.3, -0.25) is 14.5 Å². The summed E-state index contributed by atoms with van der Waals surface area (Å²) in [6.45, 7) is 8.95. The van der Waals surface area contributed by atoms with Crippen molar-refractivity contribution in [3.8, 4) is 0 Å². The van der Waals surface area contributed by atoms with E-state index < -0.39 is 184 Å². The van der Waals surface area contributed by atoms with E-state index in [4.69, 9.17) is 28.4 Å². The Bertz CT molecular complexity index is 2210. The van der Waals surface area contributed by atoms with Crippen molar-refractivity contribution in [2.75, 3.05) is 52.5 Å². The zero-order chi connectivity index (χ0) is 62.4. The number of morpholine rings is 1. The van der Waals surface area contributed by atoms with E-state index in [2.05, 4.69) is 15.5 Å². The first-order valence-electron chi connectivity index (χ1n) is 29.7. The quantitative estimate of drug-likeness (QED) is 0.0823. The molecule has 0 aromatic rings. The van der Waals surface area contributed by atoms with E-state index >= 15 is 0 Å². The molecule has 0 saturated carbocycles. The second-order valence-corrected chi connectivity index (χ2v) is 23.3. The zero-order valence-corrected chi connectivity index (χ0v) is 49.2. The smallest absolute Gasteiger partial charge is 0.308 e. The van der Waals surface area contributed by atoms with E-state index in [-0.39, 0.29) is 38.1 Å². The van der Waals surface area contributed by atoms with Gasteiger partial charge >= 0.3 is 5.97 Å². The Kier molecular flexibility index (Phi) is 30.1. The largest absolute Gasteiger partial charge is 0.462 e. The van der Waals surface area contributed by atoms with E-state index in [0.29, 0.717) is 26.2 Å². The molecule has 4 fully saturated rings. The molecule has 85 heavy (non-hydrogen) atoms. The van der Waals surface area contributed by atoms with Crippen LogP contribution in [0.4, 0.5) is 0 Å². The van der Waals surface area contributed by atoms with E-state index in [9.17, 15) is 81.1 Å². The van der Waals surface area contributed by atoms with Crippen LogP contribution in [0.15, 0.2) is 85.1 Å². The Hall–Kier alpha value is -3.72. The normalized spacial score (nSPS) is 44.4. The molecular formula is C60H97N3O22. The zero-order valence-electron chi connectivity index (χ0n) is 49.2. The minimum absolute atomic E-state index is 0.130. The van der Waals surface area contributed by atoms with Crippen molar-refractivity contribution < 1.29 is 110 Å². The number of carbonyl (C=O) groups excluding carboxylic acids is 2. The predicted octanol–water partition coefficient (Wildman–Crippen LogP) is -2.10. The summed E-state index contributed by atoms with van der Waals surface area (Å²) in [7, 11) is 0. The van der Waals surface area contributed by atoms with Gasteiger partial charge in [0.15, 0.2) is 12.1 Å². The molecule has 1 amide bonds. The number of allylic oxidation sites excluding steroid dienone is 12. The molecule has 16 N–H and O–H groups in total. The van der Waals surface area contributed by atoms with Crippen LogP contribution in [0.1, 0.15) is 85.5 Å². The molecule has 25 heteroatoms. The Labute approximate surface area is 497 Å². The maximum atomic E-state index is 14.2. The number of nitrogens with zero attached hydrogens (tertiary/aromatic N) is 1. The summed E-state index contributed by atoms with van der Waals surface area (Å²) in [5.74, 6) is -8.36. The lowest BCUT2D eigenvalue weighted by atomic mass is 9.82. The second-order valence-electron chi connectivity index (χ2n) is 23.3. The van der Waals surface area contributed by atoms with Crippen LogP contribution in [0.25, 0.3) is 0 Å². The van der Waals surface area contributed by atoms with Crippen molar-refractivity contribution in [1.29, 1.82) is 0 Å². The molecule has 4 saturated heterocycles. The number of hydrogen-bond acceptors (Lipinski definition) is 24. The molecule has 0 aliphatic carbocycles. The Morgan fingerprint density at radius 2 is 1.29 bits per heavy atom. The van der Waals surface area contributed by atoms with Crippen LogP contribution in [0.5, 0.6) is 0 Å². The van der Waals surface area contributed by atoms with Gasteiger partial charge in [0.2, 0.25) is 11.7 Å². The van der Waals surface area contributed by atoms with Crippen LogP contribution in [-0.4, -0.2) is 262 Å². The molecule has 5 heterocycles. The highest BCUT2D eigenvalue weighted by Gasteiger charge is 2.53. The van der Waals surface area contributed by atoms with Gasteiger partial charge in [0.05, 0.1) is 112 Å². The number of hydrogen-bond donors (Lipinski definition) is 16. The molecular weight excluding hydrogens is 1110 g/mol. The van der Waals surface area contributed by atoms with E-state index in [1.165, 1.54) is 13.0 Å². The molecule has 0 aromatic carbocycles. The van der Waals surface area contributed by atoms with Gasteiger partial charge in [-0.25, -0.2) is 0 Å². The summed E-state index contributed by atoms with van der Waals surface area (Å²) in [5.41, 5.74) is 0. The molecule has 25 nitrogen and oxygen atoms in total. The lowest BCUT2D eigenvalue weighted by Crippen LogP contribution is -2.69. The van der Waals surface area contributed by atoms with Crippen LogP contribution in [0.2, 0.25) is 0 Å². The van der Waals surface area contributed by atoms with Crippen molar-refractivity contribution in [3.05, 3.63) is 85.1 Å². The molecule has 5 aliphatic heterocycles. The van der Waals surface area contributed by atoms with Crippen LogP contribution < -0.4 is 10.6 Å². The number of carbonyl (C=O) groups is 2. The van der Waals surface area contributed by atoms with Crippen LogP contribution in [-0.2, 0) is 38.0 Å². The highest BCUT2D eigenvalue weighted by molar-refractivity contribution is 5.80. The van der Waals surface area contributed by atoms with Gasteiger partial charge in [0.25, 0.3) is 0 Å². The molecule has 0 aromatic heterocycles. The third-order valence-corrected chi connectivity index (χ3v) is 16.3. The topological polar surface area (TPSA) is 400 Å². The summed E-state index contributed by atoms with van der Waals surface area (Å²) < 4.78 is 35.0. The van der Waals surface area contributed by atoms with Crippen LogP contribution >= 0.6 is 0 Å². The van der Waals surface area contributed by atoms with Gasteiger partial charge in [-0.2, -0.15) is 0 Å². The van der Waals surface area contributed by atoms with E-state index in [1.54, 1.807) is 86.8 Å². The van der Waals surface area contributed by atoms with Crippen LogP contribution in [0, 0.1) is 17.8 Å². The van der Waals surface area contributed by atoms with E-state index in [0.717, 1.165) is 13.1 Å². The predicted molar refractivity (Wildman–Crippen MR) is 307 cm³/mol. The Balaban J connectivity index is 1.42. The SMILES string of the molecule is CC1[C@H](C)OC(=O)C[C@H](O)C[C@H](O)CC[C@@H](O)[C@H](O)C[C@H](O)C[C@]2(O)C[C@H](O)C(C(=O)NCCCN3CCOCC3)C(C[C@@H](O[C@@H]3O[C@H](C)[C@@H](O)[C@H](NC[C@@]4(O)OC[C@@H](O)[C@H](O)[C@@H]4O)[C@@H]3O)/C=C/C=C/C=C/C=C/C=C/C=C/C=C/[C@H](C)[C@H]1O)O2. The van der Waals surface area contributed by atoms with Crippen molar-refractivity contribution in [2.24, 2.45) is 17.8 Å². The maximum Gasteiger partial charge on any atom is 0.308 e. The molecule has 23 atom stereocenters. The number of rotatable bonds is 10. The fraction of sp³-hybridized carbons (Fsp3) is 0.733. The number of ether oxygens (including phenoxy) is 6. The monoisotopic (exact) mass is 1210 g/mol. The van der Waals surface area contributed by atoms with Gasteiger partial charge in [0.1, 0.15) is 30.5 Å². The number of amides is 1. The number of aliphatic hydroxyl groups excluding tert-OH is 12. The molecule has 5 rings (SSSR count). The van der Waals surface area contributed by atoms with Crippen molar-refractivity contribution in [2.45, 2.75) is 207 Å². The van der Waals surface area contributed by atoms with Crippen molar-refractivity contribution >= 4 is 11.9 Å². The fourth-order valence-corrected chi connectivity index (χ4v) is 11.0. The highest BCUT2D eigenvalue weighted by atomic mass is 16.7. The fourth-order valence-electron chi connectivity index (χ4n) is 11.0. The standard InChI is InChI=1S/C60H97N3O22/c1-36-18-15-13-11-9-7-5-6-8-10-12-14-16-19-43(84-58-55(75)51(53(73)39(4)83-58)62-35-60(79)56(76)54(74)47(70)34-81-60)31-48-50(57(77)61-22-17-23-63-24-26-80-27-25-63)46(69)33-59(78,85-48)32-42(66)29-45(68)44(67)21-20-40(64)28-41(65)30-49(71)82-38(3)37(2)52(36)72/h5-16,18-19,36-48,50-56,58,62,64-70,72-76,78-79H,17,20-35H2,1-4H3,(H,61,77)/b6-5+,9-7+,10-8+,13-11+,14-12+,18-15+,19-16+/t36-,37?,38-,39+,40+,41+,42-,43-,44+,45+,46-,47+,48?,50?,51-,52+,53+,54-,55-,56-,58-,59+,60+/m0/s1. The average Bonchev–Trinajstić information content (AvgIpc) is 3.49. The lowest BCUT2D eigenvalue weighted by Gasteiger charge is -2.47. The second kappa shape index (κ2) is 35.5. The molecule has 2 bridgehead atoms. The van der Waals surface area contributed by atoms with Gasteiger partial charge in [0, 0.05) is 57.2 Å². The van der Waals surface area contributed by atoms with Gasteiger partial charge in [-0.05, 0) is 46.1 Å². The summed E-state index contributed by atoms with van der Waals surface area (Å²) >= 11 is 0. The maximum absolute atomic E-state index is 14.2. The van der Waals surface area contributed by atoms with Gasteiger partial charge in [-0.15, -0.1) is 0 Å². The number of fused-ring (bicyclic) bond motifs is 2. The van der Waals surface area contributed by atoms with Crippen LogP contribution in [0.3, 0.4) is 0 Å². The molecule has 3 unspecified atom stereocenters. The number of nitrogens with one attached hydrogen (secondary N) is 2. The Morgan fingerprint density at radius 3 is 1.94 bits per heavy atom. The highest BCUT2D eigenvalue weighted by Crippen LogP contribution is 2.39. The summed E-state index contributed by atoms with van der Waals surface area (Å²) in [4.78, 5) is 29.2. The molecule has 484 valence electrons. The third-order valence-electron chi connectivity index (χ3n) is 16.3. The van der Waals surface area contributed by atoms with Crippen molar-refractivity contribution in [3.63, 3.8) is 0 Å². The third kappa shape index (κ3) is 23.0. The van der Waals surface area contributed by atoms with E-state index in [1.807, 2.05) is 13.0 Å². The summed E-state index contributed by atoms with van der Waals surface area (Å²) in [6.07, 6.45) is -2.45. The van der Waals surface area contributed by atoms with Gasteiger partial charge in [-0.1, -0.05) is 98.9 Å². The Morgan fingerprint density at radius 1 is 0.671 bits per heavy atom. The summed E-state index contributed by atoms with van der Waals surface area (Å²) in [6, 6.07) is -1.34. The minimum atomic E-state index is -2.47. The molecule has 5 aliphatic rings. The average molecular weight is 1210 g/mol. The molecule has 0 radical (unpaired) electrons. The first-order valence-corrected chi connectivity index (χ1v) is 29.7. The van der Waals surface area contributed by atoms with Gasteiger partial charge < -0.3 is 111 Å². The summed E-state index contributed by atoms with van der Waals surface area (Å²) in [5, 5.41) is 160. The number of aliphatic hydroxyl groups is 14. The minimum Gasteiger partial charge on any atom is -0.462 e. The molecule has 0 spiro atoms. The first-order chi connectivity index (χ1) is 40.3.